The number of nitrogens with one attached hydrogen (secondary N) is 1. The van der Waals surface area contributed by atoms with Crippen LogP contribution < -0.4 is 0 Å². The zero-order valence-corrected chi connectivity index (χ0v) is 13.1. The van der Waals surface area contributed by atoms with Gasteiger partial charge in [-0.3, -0.25) is 0 Å². The van der Waals surface area contributed by atoms with Crippen molar-refractivity contribution < 1.29 is 0 Å². The monoisotopic (exact) mass is 296 g/mol. The zero-order chi connectivity index (χ0) is 14.5. The van der Waals surface area contributed by atoms with Crippen molar-refractivity contribution in [2.75, 3.05) is 5.75 Å². The molecule has 0 fully saturated rings. The average molecular weight is 296 g/mol. The van der Waals surface area contributed by atoms with E-state index in [1.807, 2.05) is 30.0 Å². The van der Waals surface area contributed by atoms with Crippen LogP contribution in [-0.4, -0.2) is 15.7 Å². The predicted molar refractivity (Wildman–Crippen MR) is 91.8 cm³/mol. The number of hydrogen-bond acceptors (Lipinski definition) is 2. The molecular weight excluding hydrogens is 276 g/mol. The van der Waals surface area contributed by atoms with Crippen LogP contribution in [0.2, 0.25) is 0 Å². The summed E-state index contributed by atoms with van der Waals surface area (Å²) in [5, 5.41) is 0. The van der Waals surface area contributed by atoms with Crippen LogP contribution in [0.5, 0.6) is 0 Å². The molecule has 0 unspecified atom stereocenters. The summed E-state index contributed by atoms with van der Waals surface area (Å²) in [6.45, 7) is 2.24. The largest absolute Gasteiger partial charge is 0.338 e. The normalized spacial score (nSPS) is 11.1. The molecule has 0 bridgehead atoms. The SMILES string of the molecule is CCCCCSc1ccccc1-c1nc2ccccc2[nH]1. The van der Waals surface area contributed by atoms with Crippen molar-refractivity contribution in [2.24, 2.45) is 0 Å². The van der Waals surface area contributed by atoms with Gasteiger partial charge < -0.3 is 4.98 Å². The second kappa shape index (κ2) is 6.81. The van der Waals surface area contributed by atoms with E-state index < -0.39 is 0 Å². The molecule has 3 aromatic rings. The van der Waals surface area contributed by atoms with Crippen LogP contribution in [0.4, 0.5) is 0 Å². The molecule has 1 N–H and O–H groups in total. The molecule has 0 saturated heterocycles. The maximum atomic E-state index is 4.72. The number of aromatic amines is 1. The van der Waals surface area contributed by atoms with E-state index in [-0.39, 0.29) is 0 Å². The lowest BCUT2D eigenvalue weighted by Crippen LogP contribution is -1.86. The summed E-state index contributed by atoms with van der Waals surface area (Å²) in [5.41, 5.74) is 3.33. The topological polar surface area (TPSA) is 28.7 Å². The molecule has 2 aromatic carbocycles. The summed E-state index contributed by atoms with van der Waals surface area (Å²) in [5.74, 6) is 2.14. The van der Waals surface area contributed by atoms with Gasteiger partial charge in [-0.15, -0.1) is 11.8 Å². The molecule has 0 aliphatic carbocycles. The molecule has 0 aliphatic heterocycles. The molecule has 108 valence electrons. The first kappa shape index (κ1) is 14.2. The van der Waals surface area contributed by atoms with Crippen LogP contribution in [-0.2, 0) is 0 Å². The molecule has 0 radical (unpaired) electrons. The number of imidazole rings is 1. The Morgan fingerprint density at radius 1 is 1.00 bits per heavy atom. The van der Waals surface area contributed by atoms with E-state index in [1.54, 1.807) is 0 Å². The highest BCUT2D eigenvalue weighted by Crippen LogP contribution is 2.31. The molecule has 3 heteroatoms. The molecule has 0 spiro atoms. The van der Waals surface area contributed by atoms with Crippen LogP contribution in [0, 0.1) is 0 Å². The van der Waals surface area contributed by atoms with Crippen LogP contribution in [0.25, 0.3) is 22.4 Å². The van der Waals surface area contributed by atoms with Crippen molar-refractivity contribution in [3.63, 3.8) is 0 Å². The quantitative estimate of drug-likeness (QED) is 0.480. The van der Waals surface area contributed by atoms with Gasteiger partial charge in [0.05, 0.1) is 11.0 Å². The molecule has 0 aliphatic rings. The molecule has 3 rings (SSSR count). The molecule has 21 heavy (non-hydrogen) atoms. The number of unbranched alkanes of at least 4 members (excludes halogenated alkanes) is 2. The highest BCUT2D eigenvalue weighted by molar-refractivity contribution is 7.99. The number of hydrogen-bond donors (Lipinski definition) is 1. The Morgan fingerprint density at radius 3 is 2.67 bits per heavy atom. The average Bonchev–Trinajstić information content (AvgIpc) is 2.96. The smallest absolute Gasteiger partial charge is 0.139 e. The van der Waals surface area contributed by atoms with Crippen LogP contribution in [0.3, 0.4) is 0 Å². The Morgan fingerprint density at radius 2 is 1.81 bits per heavy atom. The number of thioether (sulfide) groups is 1. The highest BCUT2D eigenvalue weighted by Gasteiger charge is 2.09. The standard InChI is InChI=1S/C18H20N2S/c1-2-3-8-13-21-17-12-7-4-9-14(17)18-19-15-10-5-6-11-16(15)20-18/h4-7,9-12H,2-3,8,13H2,1H3,(H,19,20). The Balaban J connectivity index is 1.87. The molecular formula is C18H20N2S. The van der Waals surface area contributed by atoms with Gasteiger partial charge in [0, 0.05) is 10.5 Å². The zero-order valence-electron chi connectivity index (χ0n) is 12.3. The second-order valence-corrected chi connectivity index (χ2v) is 6.29. The summed E-state index contributed by atoms with van der Waals surface area (Å²) in [6.07, 6.45) is 3.85. The number of nitrogens with zero attached hydrogens (tertiary/aromatic N) is 1. The van der Waals surface area contributed by atoms with E-state index in [4.69, 9.17) is 4.98 Å². The number of H-pyrrole nitrogens is 1. The molecule has 2 nitrogen and oxygen atoms in total. The summed E-state index contributed by atoms with van der Waals surface area (Å²) >= 11 is 1.93. The van der Waals surface area contributed by atoms with Gasteiger partial charge in [-0.2, -0.15) is 0 Å². The number of benzene rings is 2. The van der Waals surface area contributed by atoms with E-state index in [0.717, 1.165) is 16.9 Å². The predicted octanol–water partition coefficient (Wildman–Crippen LogP) is 5.51. The van der Waals surface area contributed by atoms with Crippen LogP contribution in [0.15, 0.2) is 53.4 Å². The second-order valence-electron chi connectivity index (χ2n) is 5.15. The van der Waals surface area contributed by atoms with Gasteiger partial charge in [0.1, 0.15) is 5.82 Å². The number of para-hydroxylation sites is 2. The third-order valence-electron chi connectivity index (χ3n) is 3.54. The van der Waals surface area contributed by atoms with E-state index in [2.05, 4.69) is 42.2 Å². The molecule has 0 saturated carbocycles. The Hall–Kier alpha value is -1.74. The van der Waals surface area contributed by atoms with Crippen molar-refractivity contribution in [1.82, 2.24) is 9.97 Å². The Bertz CT molecular complexity index is 685. The molecule has 1 heterocycles. The summed E-state index contributed by atoms with van der Waals surface area (Å²) in [4.78, 5) is 9.46. The van der Waals surface area contributed by atoms with E-state index in [9.17, 15) is 0 Å². The fourth-order valence-electron chi connectivity index (χ4n) is 2.40. The third-order valence-corrected chi connectivity index (χ3v) is 4.70. The van der Waals surface area contributed by atoms with E-state index >= 15 is 0 Å². The highest BCUT2D eigenvalue weighted by atomic mass is 32.2. The third kappa shape index (κ3) is 3.30. The van der Waals surface area contributed by atoms with Crippen molar-refractivity contribution in [2.45, 2.75) is 31.1 Å². The minimum absolute atomic E-state index is 0.967. The molecule has 1 aromatic heterocycles. The van der Waals surface area contributed by atoms with E-state index in [1.165, 1.54) is 35.5 Å². The fraction of sp³-hybridized carbons (Fsp3) is 0.278. The van der Waals surface area contributed by atoms with Gasteiger partial charge in [-0.05, 0) is 30.4 Å². The maximum Gasteiger partial charge on any atom is 0.139 e. The summed E-state index contributed by atoms with van der Waals surface area (Å²) in [6, 6.07) is 16.7. The first-order valence-electron chi connectivity index (χ1n) is 7.55. The fourth-order valence-corrected chi connectivity index (χ4v) is 3.47. The Labute approximate surface area is 130 Å². The summed E-state index contributed by atoms with van der Waals surface area (Å²) < 4.78 is 0. The van der Waals surface area contributed by atoms with Crippen LogP contribution in [0.1, 0.15) is 26.2 Å². The number of fused-ring (bicyclic) bond motifs is 1. The maximum absolute atomic E-state index is 4.72. The van der Waals surface area contributed by atoms with Gasteiger partial charge in [-0.25, -0.2) is 4.98 Å². The summed E-state index contributed by atoms with van der Waals surface area (Å²) in [7, 11) is 0. The minimum Gasteiger partial charge on any atom is -0.338 e. The van der Waals surface area contributed by atoms with Crippen molar-refractivity contribution in [1.29, 1.82) is 0 Å². The first-order valence-corrected chi connectivity index (χ1v) is 8.54. The van der Waals surface area contributed by atoms with E-state index in [0.29, 0.717) is 0 Å². The minimum atomic E-state index is 0.967. The molecule has 0 amide bonds. The lowest BCUT2D eigenvalue weighted by Gasteiger charge is -2.06. The van der Waals surface area contributed by atoms with Gasteiger partial charge >= 0.3 is 0 Å². The first-order chi connectivity index (χ1) is 10.4. The van der Waals surface area contributed by atoms with Crippen molar-refractivity contribution in [3.8, 4) is 11.4 Å². The lowest BCUT2D eigenvalue weighted by atomic mass is 10.2. The number of rotatable bonds is 6. The van der Waals surface area contributed by atoms with Gasteiger partial charge in [0.2, 0.25) is 0 Å². The number of aromatic nitrogens is 2. The lowest BCUT2D eigenvalue weighted by molar-refractivity contribution is 0.778. The van der Waals surface area contributed by atoms with Gasteiger partial charge in [0.25, 0.3) is 0 Å². The van der Waals surface area contributed by atoms with Crippen LogP contribution >= 0.6 is 11.8 Å². The van der Waals surface area contributed by atoms with Gasteiger partial charge in [-0.1, -0.05) is 50.1 Å². The molecule has 0 atom stereocenters. The Kier molecular flexibility index (Phi) is 4.61. The van der Waals surface area contributed by atoms with Crippen molar-refractivity contribution >= 4 is 22.8 Å². The van der Waals surface area contributed by atoms with Gasteiger partial charge in [0.15, 0.2) is 0 Å². The van der Waals surface area contributed by atoms with Crippen molar-refractivity contribution in [3.05, 3.63) is 48.5 Å².